The number of aromatic nitrogens is 1. The van der Waals surface area contributed by atoms with Crippen molar-refractivity contribution in [3.8, 4) is 0 Å². The first kappa shape index (κ1) is 17.6. The number of hydrogen-bond donors (Lipinski definition) is 1. The summed E-state index contributed by atoms with van der Waals surface area (Å²) in [5.74, 6) is 0. The van der Waals surface area contributed by atoms with Crippen molar-refractivity contribution >= 4 is 33.0 Å². The first-order valence-corrected chi connectivity index (χ1v) is 9.50. The van der Waals surface area contributed by atoms with Crippen LogP contribution >= 0.6 is 0 Å². The third-order valence-electron chi connectivity index (χ3n) is 3.28. The summed E-state index contributed by atoms with van der Waals surface area (Å²) in [6.07, 6.45) is 1.50. The van der Waals surface area contributed by atoms with Crippen LogP contribution in [-0.4, -0.2) is 16.9 Å². The van der Waals surface area contributed by atoms with Gasteiger partial charge in [0.05, 0.1) is 15.3 Å². The maximum absolute atomic E-state index is 12.7. The van der Waals surface area contributed by atoms with Crippen LogP contribution in [0.4, 0.5) is 0 Å². The van der Waals surface area contributed by atoms with Gasteiger partial charge in [0.2, 0.25) is 0 Å². The minimum Gasteiger partial charge on any atom is -0.302 e. The van der Waals surface area contributed by atoms with Crippen LogP contribution in [0.1, 0.15) is 19.4 Å². The Morgan fingerprint density at radius 3 is 2.22 bits per heavy atom. The lowest BCUT2D eigenvalue weighted by molar-refractivity contribution is 0.565. The van der Waals surface area contributed by atoms with E-state index >= 15 is 0 Å². The average molecular weight is 349 g/mol. The van der Waals surface area contributed by atoms with Crippen LogP contribution in [0.3, 0.4) is 0 Å². The predicted molar refractivity (Wildman–Crippen MR) is 95.3 cm³/mol. The van der Waals surface area contributed by atoms with Crippen LogP contribution in [0.15, 0.2) is 64.5 Å². The zero-order valence-corrected chi connectivity index (χ0v) is 14.9. The molecule has 0 aliphatic heterocycles. The smallest absolute Gasteiger partial charge is 0.188 e. The van der Waals surface area contributed by atoms with Crippen molar-refractivity contribution in [1.29, 1.82) is 0 Å². The number of hydrogen-bond acceptors (Lipinski definition) is 2. The van der Waals surface area contributed by atoms with Crippen molar-refractivity contribution < 1.29 is 13.0 Å². The summed E-state index contributed by atoms with van der Waals surface area (Å²) in [5, 5.41) is 0.683. The molecule has 3 rings (SSSR count). The minimum absolute atomic E-state index is 0.285. The summed E-state index contributed by atoms with van der Waals surface area (Å²) in [5.41, 5.74) is 1.57. The van der Waals surface area contributed by atoms with Crippen molar-refractivity contribution in [2.45, 2.75) is 30.6 Å². The Labute approximate surface area is 141 Å². The first-order chi connectivity index (χ1) is 11.1. The quantitative estimate of drug-likeness (QED) is 0.723. The lowest BCUT2D eigenvalue weighted by atomic mass is 10.1. The van der Waals surface area contributed by atoms with E-state index in [0.717, 1.165) is 5.56 Å². The molecule has 0 amide bonds. The standard InChI is InChI=1S/C15H13NO3S2.C2H6/c1-11-6-5-9-13-15(11)14(21(18)19)10-16(13)20(17)12-7-3-2-4-8-12;1-2/h2-10H,1H3,(H,18,19);1-2H3. The molecule has 3 aromatic rings. The number of nitrogens with zero attached hydrogens (tertiary/aromatic N) is 1. The molecule has 1 aromatic heterocycles. The molecule has 6 heteroatoms. The van der Waals surface area contributed by atoms with E-state index in [9.17, 15) is 13.0 Å². The van der Waals surface area contributed by atoms with Gasteiger partial charge in [-0.15, -0.1) is 0 Å². The second-order valence-electron chi connectivity index (χ2n) is 4.60. The molecule has 23 heavy (non-hydrogen) atoms. The van der Waals surface area contributed by atoms with Gasteiger partial charge in [-0.3, -0.25) is 3.97 Å². The molecule has 2 aromatic carbocycles. The summed E-state index contributed by atoms with van der Waals surface area (Å²) < 4.78 is 35.3. The van der Waals surface area contributed by atoms with Crippen LogP contribution in [0.25, 0.3) is 10.9 Å². The molecule has 0 radical (unpaired) electrons. The maximum atomic E-state index is 12.7. The largest absolute Gasteiger partial charge is 0.302 e. The number of aryl methyl sites for hydroxylation is 1. The van der Waals surface area contributed by atoms with E-state index in [1.54, 1.807) is 22.2 Å². The van der Waals surface area contributed by atoms with E-state index in [4.69, 9.17) is 0 Å². The predicted octanol–water partition coefficient (Wildman–Crippen LogP) is 4.13. The summed E-state index contributed by atoms with van der Waals surface area (Å²) in [7, 11) is -1.45. The third kappa shape index (κ3) is 3.44. The van der Waals surface area contributed by atoms with E-state index in [1.807, 2.05) is 51.1 Å². The lowest BCUT2D eigenvalue weighted by Gasteiger charge is -2.05. The second kappa shape index (κ2) is 7.68. The minimum atomic E-state index is -2.12. The lowest BCUT2D eigenvalue weighted by Crippen LogP contribution is -2.03. The molecule has 2 unspecified atom stereocenters. The summed E-state index contributed by atoms with van der Waals surface area (Å²) in [4.78, 5) is 0.929. The highest BCUT2D eigenvalue weighted by molar-refractivity contribution is 7.84. The normalized spacial score (nSPS) is 13.2. The van der Waals surface area contributed by atoms with Gasteiger partial charge in [-0.1, -0.05) is 44.2 Å². The molecule has 0 spiro atoms. The molecule has 0 bridgehead atoms. The Hall–Kier alpha value is -1.76. The molecule has 0 saturated heterocycles. The summed E-state index contributed by atoms with van der Waals surface area (Å²) in [6, 6.07) is 14.5. The van der Waals surface area contributed by atoms with Gasteiger partial charge < -0.3 is 4.55 Å². The Balaban J connectivity index is 0.000000924. The van der Waals surface area contributed by atoms with Crippen LogP contribution in [0.5, 0.6) is 0 Å². The fourth-order valence-corrected chi connectivity index (χ4v) is 4.17. The molecule has 1 heterocycles. The molecule has 0 fully saturated rings. The SMILES string of the molecule is CC.Cc1cccc2c1c(S(=O)O)cn2S(=O)c1ccccc1. The molecule has 1 N–H and O–H groups in total. The highest BCUT2D eigenvalue weighted by atomic mass is 32.2. The van der Waals surface area contributed by atoms with Crippen molar-refractivity contribution in [2.24, 2.45) is 0 Å². The number of fused-ring (bicyclic) bond motifs is 1. The highest BCUT2D eigenvalue weighted by Crippen LogP contribution is 2.28. The fraction of sp³-hybridized carbons (Fsp3) is 0.176. The van der Waals surface area contributed by atoms with Crippen LogP contribution in [0, 0.1) is 6.92 Å². The van der Waals surface area contributed by atoms with E-state index in [2.05, 4.69) is 0 Å². The van der Waals surface area contributed by atoms with Gasteiger partial charge in [-0.25, -0.2) is 8.42 Å². The first-order valence-electron chi connectivity index (χ1n) is 7.28. The van der Waals surface area contributed by atoms with Crippen molar-refractivity contribution in [3.63, 3.8) is 0 Å². The molecule has 0 aliphatic carbocycles. The van der Waals surface area contributed by atoms with Gasteiger partial charge in [0.25, 0.3) is 0 Å². The molecular formula is C17H19NO3S2. The molecule has 4 nitrogen and oxygen atoms in total. The Morgan fingerprint density at radius 2 is 1.61 bits per heavy atom. The zero-order chi connectivity index (χ0) is 17.0. The second-order valence-corrected chi connectivity index (χ2v) is 6.90. The van der Waals surface area contributed by atoms with E-state index < -0.39 is 22.1 Å². The third-order valence-corrected chi connectivity index (χ3v) is 5.30. The van der Waals surface area contributed by atoms with Crippen LogP contribution in [-0.2, 0) is 22.1 Å². The molecular weight excluding hydrogens is 330 g/mol. The molecule has 0 aliphatic rings. The van der Waals surface area contributed by atoms with Gasteiger partial charge in [0, 0.05) is 11.6 Å². The monoisotopic (exact) mass is 349 g/mol. The highest BCUT2D eigenvalue weighted by Gasteiger charge is 2.18. The molecule has 2 atom stereocenters. The summed E-state index contributed by atoms with van der Waals surface area (Å²) >= 11 is -2.12. The Kier molecular flexibility index (Phi) is 5.87. The van der Waals surface area contributed by atoms with Crippen molar-refractivity contribution in [2.75, 3.05) is 0 Å². The Bertz CT molecular complexity index is 857. The summed E-state index contributed by atoms with van der Waals surface area (Å²) in [6.45, 7) is 5.87. The van der Waals surface area contributed by atoms with Crippen LogP contribution < -0.4 is 0 Å². The van der Waals surface area contributed by atoms with E-state index in [1.165, 1.54) is 6.20 Å². The van der Waals surface area contributed by atoms with Crippen molar-refractivity contribution in [1.82, 2.24) is 3.97 Å². The van der Waals surface area contributed by atoms with Crippen LogP contribution in [0.2, 0.25) is 0 Å². The maximum Gasteiger partial charge on any atom is 0.188 e. The fourth-order valence-electron chi connectivity index (χ4n) is 2.32. The van der Waals surface area contributed by atoms with Gasteiger partial charge in [0.1, 0.15) is 0 Å². The topological polar surface area (TPSA) is 59.3 Å². The van der Waals surface area contributed by atoms with E-state index in [-0.39, 0.29) is 4.90 Å². The number of rotatable bonds is 3. The van der Waals surface area contributed by atoms with Gasteiger partial charge in [0.15, 0.2) is 22.1 Å². The van der Waals surface area contributed by atoms with Gasteiger partial charge in [-0.2, -0.15) is 0 Å². The van der Waals surface area contributed by atoms with E-state index in [0.29, 0.717) is 15.8 Å². The zero-order valence-electron chi connectivity index (χ0n) is 13.2. The number of benzene rings is 2. The molecule has 0 saturated carbocycles. The van der Waals surface area contributed by atoms with Gasteiger partial charge >= 0.3 is 0 Å². The van der Waals surface area contributed by atoms with Gasteiger partial charge in [-0.05, 0) is 30.7 Å². The Morgan fingerprint density at radius 1 is 0.957 bits per heavy atom. The molecule has 122 valence electrons. The van der Waals surface area contributed by atoms with Crippen molar-refractivity contribution in [3.05, 3.63) is 60.3 Å². The average Bonchev–Trinajstić information content (AvgIpc) is 2.98.